The van der Waals surface area contributed by atoms with Gasteiger partial charge in [0.25, 0.3) is 5.91 Å². The lowest BCUT2D eigenvalue weighted by atomic mass is 10.4. The third-order valence-corrected chi connectivity index (χ3v) is 3.29. The molecule has 0 spiro atoms. The Bertz CT molecular complexity index is 588. The smallest absolute Gasteiger partial charge is 0.277 e. The van der Waals surface area contributed by atoms with Gasteiger partial charge in [-0.3, -0.25) is 4.79 Å². The van der Waals surface area contributed by atoms with Gasteiger partial charge < -0.3 is 17.2 Å². The molecular formula is C8H9ClN6OS2. The minimum atomic E-state index is -0.555. The molecule has 10 heteroatoms. The zero-order valence-electron chi connectivity index (χ0n) is 8.86. The largest absolute Gasteiger partial charge is 0.370 e. The summed E-state index contributed by atoms with van der Waals surface area (Å²) in [5, 5.41) is 4.14. The molecule has 0 aromatic carbocycles. The number of carbonyl (C=O) groups excluding carboxylic acids is 1. The first-order valence-corrected chi connectivity index (χ1v) is 6.13. The molecule has 6 N–H and O–H groups in total. The number of carbonyl (C=O) groups is 1. The van der Waals surface area contributed by atoms with Crippen LogP contribution in [0, 0.1) is 0 Å². The molecule has 0 aliphatic rings. The van der Waals surface area contributed by atoms with E-state index in [1.54, 1.807) is 10.8 Å². The van der Waals surface area contributed by atoms with E-state index in [9.17, 15) is 4.79 Å². The normalized spacial score (nSPS) is 9.56. The van der Waals surface area contributed by atoms with Gasteiger partial charge in [-0.05, 0) is 0 Å². The van der Waals surface area contributed by atoms with Gasteiger partial charge in [0.15, 0.2) is 11.0 Å². The van der Waals surface area contributed by atoms with Gasteiger partial charge in [0.2, 0.25) is 5.13 Å². The van der Waals surface area contributed by atoms with Gasteiger partial charge in [0.1, 0.15) is 11.4 Å². The molecule has 2 aromatic heterocycles. The van der Waals surface area contributed by atoms with E-state index in [0.29, 0.717) is 16.5 Å². The molecule has 0 unspecified atom stereocenters. The molecule has 0 saturated heterocycles. The number of nitrogens with zero attached hydrogens (tertiary/aromatic N) is 3. The molecule has 0 aliphatic carbocycles. The predicted molar refractivity (Wildman–Crippen MR) is 74.5 cm³/mol. The predicted octanol–water partition coefficient (Wildman–Crippen LogP) is 0.692. The average Bonchev–Trinajstić information content (AvgIpc) is 2.83. The highest BCUT2D eigenvalue weighted by molar-refractivity contribution is 7.14. The minimum Gasteiger partial charge on any atom is -0.370 e. The van der Waals surface area contributed by atoms with Crippen LogP contribution in [0.25, 0.3) is 11.4 Å². The number of nitrogens with two attached hydrogens (primary N) is 3. The molecular weight excluding hydrogens is 296 g/mol. The highest BCUT2D eigenvalue weighted by Crippen LogP contribution is 2.27. The summed E-state index contributed by atoms with van der Waals surface area (Å²) in [5.74, 6) is -0.608. The fourth-order valence-electron chi connectivity index (χ4n) is 1.05. The second-order valence-electron chi connectivity index (χ2n) is 2.95. The van der Waals surface area contributed by atoms with Gasteiger partial charge in [-0.1, -0.05) is 0 Å². The van der Waals surface area contributed by atoms with Crippen LogP contribution < -0.4 is 17.2 Å². The number of rotatable bonds is 3. The van der Waals surface area contributed by atoms with Crippen molar-refractivity contribution in [3.8, 4) is 11.4 Å². The summed E-state index contributed by atoms with van der Waals surface area (Å²) in [6, 6.07) is 0. The molecule has 7 nitrogen and oxygen atoms in total. The molecule has 2 aromatic rings. The van der Waals surface area contributed by atoms with E-state index in [-0.39, 0.29) is 23.4 Å². The van der Waals surface area contributed by atoms with Crippen molar-refractivity contribution in [2.24, 2.45) is 22.2 Å². The van der Waals surface area contributed by atoms with Crippen LogP contribution in [-0.2, 0) is 0 Å². The molecule has 0 bridgehead atoms. The number of aliphatic imine (C=N–C) groups is 1. The highest BCUT2D eigenvalue weighted by atomic mass is 35.5. The van der Waals surface area contributed by atoms with Crippen LogP contribution in [0.5, 0.6) is 0 Å². The van der Waals surface area contributed by atoms with Crippen LogP contribution in [0.3, 0.4) is 0 Å². The fourth-order valence-corrected chi connectivity index (χ4v) is 2.41. The zero-order chi connectivity index (χ0) is 12.4. The Hall–Kier alpha value is -1.71. The maximum atomic E-state index is 10.9. The Labute approximate surface area is 116 Å². The number of hydrogen-bond acceptors (Lipinski definition) is 6. The topological polar surface area (TPSA) is 133 Å². The van der Waals surface area contributed by atoms with Crippen molar-refractivity contribution in [2.45, 2.75) is 0 Å². The number of halogens is 1. The summed E-state index contributed by atoms with van der Waals surface area (Å²) in [4.78, 5) is 22.9. The Morgan fingerprint density at radius 2 is 1.72 bits per heavy atom. The number of guanidine groups is 1. The van der Waals surface area contributed by atoms with E-state index in [2.05, 4.69) is 15.0 Å². The summed E-state index contributed by atoms with van der Waals surface area (Å²) in [6.45, 7) is 0. The highest BCUT2D eigenvalue weighted by Gasteiger charge is 2.11. The quantitative estimate of drug-likeness (QED) is 0.566. The summed E-state index contributed by atoms with van der Waals surface area (Å²) in [5.41, 5.74) is 16.8. The molecule has 0 atom stereocenters. The van der Waals surface area contributed by atoms with Gasteiger partial charge >= 0.3 is 0 Å². The first-order chi connectivity index (χ1) is 8.06. The average molecular weight is 305 g/mol. The lowest BCUT2D eigenvalue weighted by molar-refractivity contribution is 0.1000. The lowest BCUT2D eigenvalue weighted by Gasteiger charge is -1.88. The van der Waals surface area contributed by atoms with Crippen LogP contribution in [0.1, 0.15) is 9.80 Å². The first kappa shape index (κ1) is 14.4. The Morgan fingerprint density at radius 1 is 1.11 bits per heavy atom. The monoisotopic (exact) mass is 304 g/mol. The van der Waals surface area contributed by atoms with E-state index < -0.39 is 5.91 Å². The molecule has 0 aliphatic heterocycles. The summed E-state index contributed by atoms with van der Waals surface area (Å²) >= 11 is 2.45. The minimum absolute atomic E-state index is 0. The van der Waals surface area contributed by atoms with Crippen LogP contribution in [0.2, 0.25) is 0 Å². The third-order valence-electron chi connectivity index (χ3n) is 1.69. The summed E-state index contributed by atoms with van der Waals surface area (Å²) < 4.78 is 0. The molecule has 2 heterocycles. The van der Waals surface area contributed by atoms with Crippen molar-refractivity contribution in [1.82, 2.24) is 9.97 Å². The number of aromatic nitrogens is 2. The number of thiazole rings is 2. The van der Waals surface area contributed by atoms with Crippen LogP contribution in [0.4, 0.5) is 5.13 Å². The molecule has 1 amide bonds. The third kappa shape index (κ3) is 3.15. The Kier molecular flexibility index (Phi) is 4.59. The van der Waals surface area contributed by atoms with Crippen molar-refractivity contribution < 1.29 is 4.79 Å². The zero-order valence-corrected chi connectivity index (χ0v) is 11.3. The van der Waals surface area contributed by atoms with Crippen molar-refractivity contribution in [3.05, 3.63) is 15.8 Å². The van der Waals surface area contributed by atoms with Crippen LogP contribution in [0.15, 0.2) is 15.8 Å². The second kappa shape index (κ2) is 5.76. The van der Waals surface area contributed by atoms with E-state index in [4.69, 9.17) is 17.2 Å². The second-order valence-corrected chi connectivity index (χ2v) is 4.65. The van der Waals surface area contributed by atoms with Crippen molar-refractivity contribution in [1.29, 1.82) is 0 Å². The molecule has 18 heavy (non-hydrogen) atoms. The summed E-state index contributed by atoms with van der Waals surface area (Å²) in [6.07, 6.45) is 0. The number of hydrogen-bond donors (Lipinski definition) is 3. The van der Waals surface area contributed by atoms with Crippen molar-refractivity contribution in [2.75, 3.05) is 0 Å². The molecule has 96 valence electrons. The van der Waals surface area contributed by atoms with E-state index >= 15 is 0 Å². The van der Waals surface area contributed by atoms with Gasteiger partial charge in [0, 0.05) is 10.8 Å². The van der Waals surface area contributed by atoms with Crippen molar-refractivity contribution >= 4 is 52.1 Å². The van der Waals surface area contributed by atoms with Gasteiger partial charge in [-0.15, -0.1) is 35.1 Å². The molecule has 0 fully saturated rings. The fraction of sp³-hybridized carbons (Fsp3) is 0. The first-order valence-electron chi connectivity index (χ1n) is 4.37. The Balaban J connectivity index is 0.00000162. The molecule has 0 radical (unpaired) electrons. The lowest BCUT2D eigenvalue weighted by Crippen LogP contribution is -2.21. The van der Waals surface area contributed by atoms with Crippen molar-refractivity contribution in [3.63, 3.8) is 0 Å². The Morgan fingerprint density at radius 3 is 2.28 bits per heavy atom. The van der Waals surface area contributed by atoms with Gasteiger partial charge in [0.05, 0.1) is 0 Å². The van der Waals surface area contributed by atoms with Gasteiger partial charge in [-0.2, -0.15) is 4.99 Å². The number of amides is 1. The molecule has 0 saturated carbocycles. The SMILES string of the molecule is Cl.NC(=O)c1nc(-c2csc(N=C(N)N)n2)cs1. The maximum absolute atomic E-state index is 10.9. The standard InChI is InChI=1S/C8H8N6OS2.ClH/c9-5(15)6-12-3(1-16-6)4-2-17-8(13-4)14-7(10)11;/h1-2H,(H2,9,15)(H4,10,11,13,14);1H. The van der Waals surface area contributed by atoms with E-state index in [1.807, 2.05) is 0 Å². The summed E-state index contributed by atoms with van der Waals surface area (Å²) in [7, 11) is 0. The maximum Gasteiger partial charge on any atom is 0.277 e. The van der Waals surface area contributed by atoms with Crippen LogP contribution in [-0.4, -0.2) is 21.8 Å². The molecule has 2 rings (SSSR count). The van der Waals surface area contributed by atoms with Crippen LogP contribution >= 0.6 is 35.1 Å². The van der Waals surface area contributed by atoms with Gasteiger partial charge in [-0.25, -0.2) is 9.97 Å². The van der Waals surface area contributed by atoms with E-state index in [0.717, 1.165) is 0 Å². The van der Waals surface area contributed by atoms with E-state index in [1.165, 1.54) is 22.7 Å². The number of primary amides is 1.